The van der Waals surface area contributed by atoms with Crippen molar-refractivity contribution in [1.29, 1.82) is 0 Å². The topological polar surface area (TPSA) is 76.7 Å². The number of rotatable bonds is 1. The number of hydrogen-bond acceptors (Lipinski definition) is 4. The lowest BCUT2D eigenvalue weighted by Gasteiger charge is -2.00. The highest BCUT2D eigenvalue weighted by atomic mass is 16.7. The monoisotopic (exact) mass is 253 g/mol. The van der Waals surface area contributed by atoms with Crippen LogP contribution in [0.1, 0.15) is 0 Å². The van der Waals surface area contributed by atoms with E-state index in [1.807, 2.05) is 22.6 Å². The summed E-state index contributed by atoms with van der Waals surface area (Å²) in [4.78, 5) is 19.4. The van der Waals surface area contributed by atoms with Gasteiger partial charge < -0.3 is 9.84 Å². The average molecular weight is 253 g/mol. The Morgan fingerprint density at radius 3 is 3.05 bits per heavy atom. The van der Waals surface area contributed by atoms with Gasteiger partial charge in [0, 0.05) is 6.20 Å². The van der Waals surface area contributed by atoms with Gasteiger partial charge in [0.1, 0.15) is 11.0 Å². The van der Waals surface area contributed by atoms with Gasteiger partial charge in [-0.15, -0.1) is 0 Å². The van der Waals surface area contributed by atoms with E-state index in [9.17, 15) is 4.79 Å². The molecule has 0 unspecified atom stereocenters. The molecule has 0 aliphatic rings. The first-order valence-corrected chi connectivity index (χ1v) is 5.63. The van der Waals surface area contributed by atoms with E-state index in [4.69, 9.17) is 9.84 Å². The maximum atomic E-state index is 10.7. The van der Waals surface area contributed by atoms with Gasteiger partial charge in [0.15, 0.2) is 11.4 Å². The molecule has 0 aliphatic heterocycles. The number of benzene rings is 1. The van der Waals surface area contributed by atoms with E-state index in [-0.39, 0.29) is 5.75 Å². The van der Waals surface area contributed by atoms with Crippen molar-refractivity contribution in [3.8, 4) is 5.75 Å². The molecule has 0 fully saturated rings. The lowest BCUT2D eigenvalue weighted by atomic mass is 10.3. The summed E-state index contributed by atoms with van der Waals surface area (Å²) in [7, 11) is 0. The Morgan fingerprint density at radius 2 is 2.21 bits per heavy atom. The van der Waals surface area contributed by atoms with Crippen molar-refractivity contribution in [2.24, 2.45) is 0 Å². The van der Waals surface area contributed by atoms with Gasteiger partial charge >= 0.3 is 6.16 Å². The predicted molar refractivity (Wildman–Crippen MR) is 67.8 cm³/mol. The minimum atomic E-state index is -1.35. The molecular weight excluding hydrogens is 246 g/mol. The Hall–Kier alpha value is -2.89. The molecule has 0 radical (unpaired) electrons. The molecule has 1 N–H and O–H groups in total. The molecule has 6 heteroatoms. The van der Waals surface area contributed by atoms with E-state index in [0.717, 1.165) is 16.6 Å². The van der Waals surface area contributed by atoms with Crippen molar-refractivity contribution in [3.63, 3.8) is 0 Å². The van der Waals surface area contributed by atoms with Crippen molar-refractivity contribution in [2.75, 3.05) is 0 Å². The first-order chi connectivity index (χ1) is 9.24. The van der Waals surface area contributed by atoms with Crippen molar-refractivity contribution in [3.05, 3.63) is 36.5 Å². The van der Waals surface area contributed by atoms with Gasteiger partial charge in [0.25, 0.3) is 0 Å². The minimum absolute atomic E-state index is 0.232. The van der Waals surface area contributed by atoms with E-state index in [1.54, 1.807) is 18.3 Å². The van der Waals surface area contributed by atoms with Crippen LogP contribution in [0.3, 0.4) is 0 Å². The third-order valence-electron chi connectivity index (χ3n) is 3.08. The number of nitrogens with zero attached hydrogens (tertiary/aromatic N) is 3. The van der Waals surface area contributed by atoms with Crippen molar-refractivity contribution in [1.82, 2.24) is 14.4 Å². The summed E-state index contributed by atoms with van der Waals surface area (Å²) in [6.07, 6.45) is 0.375. The van der Waals surface area contributed by atoms with Crippen molar-refractivity contribution in [2.45, 2.75) is 0 Å². The van der Waals surface area contributed by atoms with Crippen LogP contribution >= 0.6 is 0 Å². The summed E-state index contributed by atoms with van der Waals surface area (Å²) >= 11 is 0. The van der Waals surface area contributed by atoms with Gasteiger partial charge in [-0.3, -0.25) is 9.38 Å². The normalized spacial score (nSPS) is 11.6. The number of ether oxygens (including phenoxy) is 1. The highest BCUT2D eigenvalue weighted by molar-refractivity contribution is 5.95. The van der Waals surface area contributed by atoms with E-state index in [2.05, 4.69) is 9.97 Å². The summed E-state index contributed by atoms with van der Waals surface area (Å²) in [5.74, 6) is 0.232. The second-order valence-electron chi connectivity index (χ2n) is 4.16. The molecule has 4 aromatic rings. The van der Waals surface area contributed by atoms with Crippen LogP contribution < -0.4 is 4.74 Å². The Balaban J connectivity index is 2.16. The largest absolute Gasteiger partial charge is 0.511 e. The summed E-state index contributed by atoms with van der Waals surface area (Å²) < 4.78 is 6.69. The highest BCUT2D eigenvalue weighted by Crippen LogP contribution is 2.30. The summed E-state index contributed by atoms with van der Waals surface area (Å²) in [6, 6.07) is 9.01. The van der Waals surface area contributed by atoms with E-state index in [0.29, 0.717) is 11.2 Å². The van der Waals surface area contributed by atoms with Crippen LogP contribution in [0.25, 0.3) is 27.7 Å². The van der Waals surface area contributed by atoms with Crippen LogP contribution in [0.5, 0.6) is 5.75 Å². The number of carbonyl (C=O) groups is 1. The number of para-hydroxylation sites is 1. The smallest absolute Gasteiger partial charge is 0.449 e. The van der Waals surface area contributed by atoms with Gasteiger partial charge in [0.2, 0.25) is 0 Å². The fourth-order valence-corrected chi connectivity index (χ4v) is 2.36. The molecule has 2 bridgehead atoms. The third kappa shape index (κ3) is 1.28. The molecule has 0 saturated heterocycles. The van der Waals surface area contributed by atoms with Crippen LogP contribution in [-0.2, 0) is 0 Å². The standard InChI is InChI=1S/C13H7N3O3/c17-13(18)19-10-3-1-2-9-11(10)15-12-8-6-7(16(9)12)4-5-14-8/h1-6H,(H,17,18). The lowest BCUT2D eigenvalue weighted by molar-refractivity contribution is 0.145. The number of imidazole rings is 1. The number of fused-ring (bicyclic) bond motifs is 7. The SMILES string of the molecule is O=C(O)Oc1cccc2c1nc1c3cc(ccn3)n21. The number of pyridine rings is 1. The Bertz CT molecular complexity index is 929. The van der Waals surface area contributed by atoms with Gasteiger partial charge in [-0.05, 0) is 24.3 Å². The molecule has 6 nitrogen and oxygen atoms in total. The molecule has 0 saturated carbocycles. The fourth-order valence-electron chi connectivity index (χ4n) is 2.36. The Labute approximate surface area is 106 Å². The maximum absolute atomic E-state index is 10.7. The van der Waals surface area contributed by atoms with Gasteiger partial charge in [0.05, 0.1) is 11.0 Å². The van der Waals surface area contributed by atoms with Gasteiger partial charge in [-0.2, -0.15) is 0 Å². The molecule has 0 amide bonds. The molecule has 19 heavy (non-hydrogen) atoms. The average Bonchev–Trinajstić information content (AvgIpc) is 2.88. The summed E-state index contributed by atoms with van der Waals surface area (Å²) in [5, 5.41) is 8.73. The predicted octanol–water partition coefficient (Wildman–Crippen LogP) is 2.53. The van der Waals surface area contributed by atoms with E-state index in [1.165, 1.54) is 0 Å². The summed E-state index contributed by atoms with van der Waals surface area (Å²) in [6.45, 7) is 0. The molecule has 4 rings (SSSR count). The first-order valence-electron chi connectivity index (χ1n) is 5.63. The first kappa shape index (κ1) is 10.1. The minimum Gasteiger partial charge on any atom is -0.449 e. The van der Waals surface area contributed by atoms with E-state index >= 15 is 0 Å². The maximum Gasteiger partial charge on any atom is 0.511 e. The zero-order chi connectivity index (χ0) is 13.0. The molecule has 0 atom stereocenters. The van der Waals surface area contributed by atoms with Crippen LogP contribution in [0.4, 0.5) is 4.79 Å². The molecular formula is C13H7N3O3. The lowest BCUT2D eigenvalue weighted by Crippen LogP contribution is -2.03. The molecule has 0 spiro atoms. The van der Waals surface area contributed by atoms with Crippen LogP contribution in [0.2, 0.25) is 0 Å². The Morgan fingerprint density at radius 1 is 1.32 bits per heavy atom. The molecule has 3 aromatic heterocycles. The molecule has 92 valence electrons. The van der Waals surface area contributed by atoms with E-state index < -0.39 is 6.16 Å². The molecule has 1 aromatic carbocycles. The van der Waals surface area contributed by atoms with Crippen molar-refractivity contribution >= 4 is 33.9 Å². The second kappa shape index (κ2) is 3.32. The van der Waals surface area contributed by atoms with Crippen LogP contribution in [-0.4, -0.2) is 25.6 Å². The fraction of sp³-hybridized carbons (Fsp3) is 0. The quantitative estimate of drug-likeness (QED) is 0.416. The van der Waals surface area contributed by atoms with Crippen LogP contribution in [0.15, 0.2) is 36.5 Å². The van der Waals surface area contributed by atoms with Crippen LogP contribution in [0, 0.1) is 0 Å². The van der Waals surface area contributed by atoms with Gasteiger partial charge in [-0.1, -0.05) is 6.07 Å². The number of hydrogen-bond donors (Lipinski definition) is 1. The molecule has 0 aliphatic carbocycles. The number of carboxylic acid groups (broad SMARTS) is 1. The number of aromatic nitrogens is 3. The third-order valence-corrected chi connectivity index (χ3v) is 3.08. The molecule has 3 heterocycles. The zero-order valence-corrected chi connectivity index (χ0v) is 9.57. The zero-order valence-electron chi connectivity index (χ0n) is 9.57. The summed E-state index contributed by atoms with van der Waals surface area (Å²) in [5.41, 5.74) is 3.77. The second-order valence-corrected chi connectivity index (χ2v) is 4.16. The highest BCUT2D eigenvalue weighted by Gasteiger charge is 2.16. The van der Waals surface area contributed by atoms with Gasteiger partial charge in [-0.25, -0.2) is 9.78 Å². The Kier molecular flexibility index (Phi) is 1.76. The van der Waals surface area contributed by atoms with Crippen molar-refractivity contribution < 1.29 is 14.6 Å².